The second kappa shape index (κ2) is 12.0. The standard InChI is InChI=1S/C27H33ClN2O4/c1-4-18-34-22-14-10-19(11-15-22)24-23(25(31)20-8-12-21(28)13-9-20)26(32)27(33)30(24)17-7-16-29(5-2)6-3/h8-15,24,31H,4-7,16-18H2,1-3H3/b25-23+/t24-/m1/s1. The molecule has 1 saturated heterocycles. The minimum absolute atomic E-state index is 0.0948. The number of carbonyl (C=O) groups is 2. The molecule has 0 aliphatic carbocycles. The first-order chi connectivity index (χ1) is 16.4. The molecule has 0 saturated carbocycles. The van der Waals surface area contributed by atoms with Crippen molar-refractivity contribution in [3.8, 4) is 5.75 Å². The van der Waals surface area contributed by atoms with Crippen molar-refractivity contribution in [2.75, 3.05) is 32.8 Å². The second-order valence-corrected chi connectivity index (χ2v) is 8.73. The van der Waals surface area contributed by atoms with Crippen molar-refractivity contribution >= 4 is 29.1 Å². The van der Waals surface area contributed by atoms with Crippen molar-refractivity contribution < 1.29 is 19.4 Å². The number of rotatable bonds is 11. The molecule has 1 aliphatic rings. The second-order valence-electron chi connectivity index (χ2n) is 8.30. The number of Topliss-reactive ketones (excluding diaryl/α,β-unsaturated/α-hetero) is 1. The lowest BCUT2D eigenvalue weighted by atomic mass is 9.95. The number of halogens is 1. The Bertz CT molecular complexity index is 1010. The van der Waals surface area contributed by atoms with Gasteiger partial charge >= 0.3 is 0 Å². The number of hydrogen-bond acceptors (Lipinski definition) is 5. The highest BCUT2D eigenvalue weighted by Crippen LogP contribution is 2.40. The normalized spacial score (nSPS) is 17.6. The van der Waals surface area contributed by atoms with Crippen LogP contribution in [0.5, 0.6) is 5.75 Å². The van der Waals surface area contributed by atoms with Crippen molar-refractivity contribution in [2.24, 2.45) is 0 Å². The Morgan fingerprint density at radius 3 is 2.26 bits per heavy atom. The van der Waals surface area contributed by atoms with Crippen LogP contribution in [0.2, 0.25) is 5.02 Å². The topological polar surface area (TPSA) is 70.1 Å². The van der Waals surface area contributed by atoms with E-state index in [2.05, 4.69) is 18.7 Å². The third-order valence-corrected chi connectivity index (χ3v) is 6.35. The van der Waals surface area contributed by atoms with Gasteiger partial charge in [0, 0.05) is 17.1 Å². The van der Waals surface area contributed by atoms with Crippen LogP contribution in [0.4, 0.5) is 0 Å². The molecular weight excluding hydrogens is 452 g/mol. The van der Waals surface area contributed by atoms with E-state index in [-0.39, 0.29) is 11.3 Å². The fourth-order valence-electron chi connectivity index (χ4n) is 4.19. The molecular formula is C27H33ClN2O4. The average molecular weight is 485 g/mol. The third kappa shape index (κ3) is 5.80. The lowest BCUT2D eigenvalue weighted by molar-refractivity contribution is -0.140. The van der Waals surface area contributed by atoms with Gasteiger partial charge in [-0.2, -0.15) is 0 Å². The molecule has 1 fully saturated rings. The maximum atomic E-state index is 13.1. The summed E-state index contributed by atoms with van der Waals surface area (Å²) in [5, 5.41) is 11.6. The zero-order chi connectivity index (χ0) is 24.7. The van der Waals surface area contributed by atoms with Crippen molar-refractivity contribution in [3.63, 3.8) is 0 Å². The van der Waals surface area contributed by atoms with Crippen LogP contribution in [0.15, 0.2) is 54.1 Å². The summed E-state index contributed by atoms with van der Waals surface area (Å²) < 4.78 is 5.69. The molecule has 0 spiro atoms. The summed E-state index contributed by atoms with van der Waals surface area (Å²) in [6.45, 7) is 9.94. The lowest BCUT2D eigenvalue weighted by Crippen LogP contribution is -2.33. The van der Waals surface area contributed by atoms with E-state index in [9.17, 15) is 14.7 Å². The fraction of sp³-hybridized carbons (Fsp3) is 0.407. The summed E-state index contributed by atoms with van der Waals surface area (Å²) in [6.07, 6.45) is 1.62. The predicted molar refractivity (Wildman–Crippen MR) is 135 cm³/mol. The van der Waals surface area contributed by atoms with Gasteiger partial charge in [-0.3, -0.25) is 9.59 Å². The van der Waals surface area contributed by atoms with E-state index in [1.807, 2.05) is 31.2 Å². The zero-order valence-corrected chi connectivity index (χ0v) is 20.8. The first kappa shape index (κ1) is 25.8. The molecule has 0 radical (unpaired) electrons. The summed E-state index contributed by atoms with van der Waals surface area (Å²) >= 11 is 5.99. The van der Waals surface area contributed by atoms with E-state index in [1.54, 1.807) is 29.2 Å². The SMILES string of the molecule is CCCOc1ccc([C@@H]2/C(=C(\O)c3ccc(Cl)cc3)C(=O)C(=O)N2CCCN(CC)CC)cc1. The highest BCUT2D eigenvalue weighted by molar-refractivity contribution is 6.46. The number of aliphatic hydroxyl groups excluding tert-OH is 1. The summed E-state index contributed by atoms with van der Waals surface area (Å²) in [7, 11) is 0. The van der Waals surface area contributed by atoms with E-state index >= 15 is 0 Å². The van der Waals surface area contributed by atoms with Crippen LogP contribution in [0.1, 0.15) is 50.8 Å². The molecule has 1 atom stereocenters. The van der Waals surface area contributed by atoms with E-state index in [0.717, 1.165) is 43.8 Å². The predicted octanol–water partition coefficient (Wildman–Crippen LogP) is 5.28. The number of benzene rings is 2. The molecule has 1 amide bonds. The number of carbonyl (C=O) groups excluding carboxylic acids is 2. The summed E-state index contributed by atoms with van der Waals surface area (Å²) in [5.74, 6) is -0.739. The number of amides is 1. The number of hydrogen-bond donors (Lipinski definition) is 1. The van der Waals surface area contributed by atoms with Crippen molar-refractivity contribution in [1.82, 2.24) is 9.80 Å². The quantitative estimate of drug-likeness (QED) is 0.267. The van der Waals surface area contributed by atoms with Crippen LogP contribution in [-0.2, 0) is 9.59 Å². The Labute approximate surface area is 206 Å². The Hall–Kier alpha value is -2.83. The van der Waals surface area contributed by atoms with Crippen LogP contribution in [-0.4, -0.2) is 59.4 Å². The highest BCUT2D eigenvalue weighted by atomic mass is 35.5. The molecule has 6 nitrogen and oxygen atoms in total. The molecule has 0 aromatic heterocycles. The lowest BCUT2D eigenvalue weighted by Gasteiger charge is -2.27. The number of ketones is 1. The molecule has 1 N–H and O–H groups in total. The van der Waals surface area contributed by atoms with Gasteiger partial charge in [-0.1, -0.05) is 44.5 Å². The molecule has 1 heterocycles. The van der Waals surface area contributed by atoms with E-state index in [0.29, 0.717) is 23.7 Å². The summed E-state index contributed by atoms with van der Waals surface area (Å²) in [4.78, 5) is 30.1. The Morgan fingerprint density at radius 1 is 1.03 bits per heavy atom. The van der Waals surface area contributed by atoms with E-state index < -0.39 is 17.7 Å². The van der Waals surface area contributed by atoms with Crippen LogP contribution < -0.4 is 4.74 Å². The Morgan fingerprint density at radius 2 is 1.68 bits per heavy atom. The molecule has 1 aliphatic heterocycles. The maximum Gasteiger partial charge on any atom is 0.295 e. The average Bonchev–Trinajstić information content (AvgIpc) is 3.10. The molecule has 34 heavy (non-hydrogen) atoms. The smallest absolute Gasteiger partial charge is 0.295 e. The van der Waals surface area contributed by atoms with E-state index in [4.69, 9.17) is 16.3 Å². The van der Waals surface area contributed by atoms with Gasteiger partial charge in [-0.15, -0.1) is 0 Å². The van der Waals surface area contributed by atoms with Gasteiger partial charge in [-0.05, 0) is 74.4 Å². The number of ether oxygens (including phenoxy) is 1. The number of likely N-dealkylation sites (tertiary alicyclic amines) is 1. The maximum absolute atomic E-state index is 13.1. The van der Waals surface area contributed by atoms with Crippen LogP contribution in [0.3, 0.4) is 0 Å². The van der Waals surface area contributed by atoms with Gasteiger partial charge in [-0.25, -0.2) is 0 Å². The molecule has 0 unspecified atom stereocenters. The minimum atomic E-state index is -0.674. The molecule has 3 rings (SSSR count). The molecule has 0 bridgehead atoms. The fourth-order valence-corrected chi connectivity index (χ4v) is 4.32. The highest BCUT2D eigenvalue weighted by Gasteiger charge is 2.45. The monoisotopic (exact) mass is 484 g/mol. The van der Waals surface area contributed by atoms with Gasteiger partial charge in [0.15, 0.2) is 0 Å². The van der Waals surface area contributed by atoms with Crippen molar-refractivity contribution in [3.05, 3.63) is 70.3 Å². The van der Waals surface area contributed by atoms with Gasteiger partial charge in [0.2, 0.25) is 0 Å². The minimum Gasteiger partial charge on any atom is -0.507 e. The summed E-state index contributed by atoms with van der Waals surface area (Å²) in [6, 6.07) is 13.3. The number of nitrogens with zero attached hydrogens (tertiary/aromatic N) is 2. The Kier molecular flexibility index (Phi) is 9.13. The zero-order valence-electron chi connectivity index (χ0n) is 20.1. The molecule has 2 aromatic rings. The third-order valence-electron chi connectivity index (χ3n) is 6.09. The van der Waals surface area contributed by atoms with Crippen molar-refractivity contribution in [1.29, 1.82) is 0 Å². The first-order valence-electron chi connectivity index (χ1n) is 11.9. The number of aliphatic hydroxyl groups is 1. The first-order valence-corrected chi connectivity index (χ1v) is 12.3. The van der Waals surface area contributed by atoms with Crippen LogP contribution >= 0.6 is 11.6 Å². The van der Waals surface area contributed by atoms with Gasteiger partial charge in [0.1, 0.15) is 11.5 Å². The van der Waals surface area contributed by atoms with Gasteiger partial charge in [0.05, 0.1) is 18.2 Å². The molecule has 2 aromatic carbocycles. The van der Waals surface area contributed by atoms with Gasteiger partial charge < -0.3 is 19.6 Å². The Balaban J connectivity index is 1.99. The molecule has 7 heteroatoms. The largest absolute Gasteiger partial charge is 0.507 e. The van der Waals surface area contributed by atoms with Gasteiger partial charge in [0.25, 0.3) is 11.7 Å². The van der Waals surface area contributed by atoms with Crippen molar-refractivity contribution in [2.45, 2.75) is 39.7 Å². The van der Waals surface area contributed by atoms with E-state index in [1.165, 1.54) is 0 Å². The molecule has 182 valence electrons. The van der Waals surface area contributed by atoms with Crippen LogP contribution in [0, 0.1) is 0 Å². The van der Waals surface area contributed by atoms with Crippen LogP contribution in [0.25, 0.3) is 5.76 Å². The summed E-state index contributed by atoms with van der Waals surface area (Å²) in [5.41, 5.74) is 1.29.